The maximum Gasteiger partial charge on any atom is 0.227 e. The minimum atomic E-state index is -2.47. The first-order valence-corrected chi connectivity index (χ1v) is 41.0. The highest BCUT2D eigenvalue weighted by molar-refractivity contribution is 6.12. The highest BCUT2D eigenvalue weighted by Crippen LogP contribution is 2.59. The monoisotopic (exact) mass is 1520 g/mol. The van der Waals surface area contributed by atoms with Crippen molar-refractivity contribution >= 4 is 106 Å². The maximum absolute atomic E-state index is 9.32. The summed E-state index contributed by atoms with van der Waals surface area (Å²) in [5.74, 6) is 1.11. The zero-order chi connectivity index (χ0) is 91.0. The van der Waals surface area contributed by atoms with Crippen LogP contribution in [0.4, 0.5) is 39.9 Å². The number of aromatic nitrogens is 2. The van der Waals surface area contributed by atoms with E-state index in [1.165, 1.54) is 45.7 Å². The molecule has 7 atom stereocenters. The van der Waals surface area contributed by atoms with E-state index in [-0.39, 0.29) is 22.3 Å². The summed E-state index contributed by atoms with van der Waals surface area (Å²) in [4.78, 5) is 20.1. The van der Waals surface area contributed by atoms with Crippen molar-refractivity contribution in [2.45, 2.75) is 275 Å². The quantitative estimate of drug-likeness (QED) is 0.166. The van der Waals surface area contributed by atoms with Gasteiger partial charge in [0.05, 0.1) is 17.1 Å². The number of nitrogens with zero attached hydrogens (tertiary/aromatic N) is 7. The summed E-state index contributed by atoms with van der Waals surface area (Å²) in [6.45, 7) is 39.7. The lowest BCUT2D eigenvalue weighted by Crippen LogP contribution is -2.44. The lowest BCUT2D eigenvalue weighted by Gasteiger charge is -2.41. The summed E-state index contributed by atoms with van der Waals surface area (Å²) in [5, 5.41) is 5.97. The largest absolute Gasteiger partial charge is 0.454 e. The number of benzene rings is 8. The van der Waals surface area contributed by atoms with E-state index in [1.54, 1.807) is 54.7 Å². The topological polar surface area (TPSA) is 81.4 Å². The lowest BCUT2D eigenvalue weighted by molar-refractivity contribution is 0.170. The molecule has 1 spiro atoms. The van der Waals surface area contributed by atoms with Crippen LogP contribution in [-0.4, -0.2) is 56.8 Å². The fourth-order valence-electron chi connectivity index (χ4n) is 20.3. The van der Waals surface area contributed by atoms with Gasteiger partial charge in [-0.3, -0.25) is 0 Å². The fraction of sp³-hybridized carbons (Fsp3) is 0.437. The van der Waals surface area contributed by atoms with Gasteiger partial charge in [0, 0.05) is 141 Å². The van der Waals surface area contributed by atoms with E-state index < -0.39 is 72.4 Å². The van der Waals surface area contributed by atoms with Crippen LogP contribution in [0, 0.1) is 50.9 Å². The molecule has 1 aliphatic carbocycles. The Kier molecular flexibility index (Phi) is 16.5. The van der Waals surface area contributed by atoms with Gasteiger partial charge in [-0.1, -0.05) is 208 Å². The predicted octanol–water partition coefficient (Wildman–Crippen LogP) is 28.2. The molecule has 19 rings (SSSR count). The molecule has 8 aromatic carbocycles. The molecule has 10 heteroatoms. The van der Waals surface area contributed by atoms with E-state index in [1.807, 2.05) is 116 Å². The Hall–Kier alpha value is -9.54. The number of hydrogen-bond donors (Lipinski definition) is 0. The molecular formula is C103H125N7O3. The summed E-state index contributed by atoms with van der Waals surface area (Å²) >= 11 is 0. The van der Waals surface area contributed by atoms with Gasteiger partial charge in [0.25, 0.3) is 0 Å². The molecule has 0 amide bonds. The van der Waals surface area contributed by atoms with Gasteiger partial charge in [0.2, 0.25) is 5.71 Å². The van der Waals surface area contributed by atoms with Crippen molar-refractivity contribution in [1.82, 2.24) is 9.97 Å². The number of fused-ring (bicyclic) bond motifs is 11. The van der Waals surface area contributed by atoms with Crippen LogP contribution in [0.25, 0.3) is 65.9 Å². The van der Waals surface area contributed by atoms with Crippen molar-refractivity contribution in [1.29, 1.82) is 0 Å². The van der Waals surface area contributed by atoms with Crippen LogP contribution in [0.2, 0.25) is 0 Å². The molecule has 0 radical (unpaired) electrons. The number of aryl methyl sites for hydroxylation is 5. The third-order valence-electron chi connectivity index (χ3n) is 26.8. The molecule has 113 heavy (non-hydrogen) atoms. The molecule has 5 aliphatic heterocycles. The molecular weight excluding hydrogens is 1380 g/mol. The molecule has 5 aromatic heterocycles. The summed E-state index contributed by atoms with van der Waals surface area (Å²) < 4.78 is 122. The standard InChI is InChI=1S/C25H31NO.C22H27NO.C21H26N2O.C18H21N.C17H20N2/c1-17-12-13-20-19-10-6-7-11-21(19)27-23(20)22(17)26-18(2)25(16-24(26,3)4)14-8-5-9-15-25;1-14-11-12-17-16-9-7-8-10-18(16)24-20(17)19(14)23-15(2)21(3,4)13-22(23,5)6;1-13-9-10-15-16-8-7-11-22-19(16)24-18(15)17(13)23-14(2)20(3,4)12-21(23,5)6;1-13-9-5-7-11-16(13)19-14(2)18(3,4)15-10-6-8-12-17(15)19;1-12-8-5-6-10-15(12)19-13(2)17(3,4)14-9-7-11-18-16(14)19/h6-7,10-13,18H,5,8-9,14-16H2,1-4H3;7-12,15H,13H2,1-6H3;7-11,14H,12H2,1-6H3;5-12,14H,1-4H3;5-11,13H,1-4H3/i16D2;3D3,13D2;3D3,12D2;;. The summed E-state index contributed by atoms with van der Waals surface area (Å²) in [7, 11) is 0. The van der Waals surface area contributed by atoms with E-state index in [0.29, 0.717) is 29.0 Å². The zero-order valence-electron chi connectivity index (χ0n) is 82.8. The molecule has 1 saturated carbocycles. The Morgan fingerprint density at radius 1 is 0.354 bits per heavy atom. The molecule has 13 aromatic rings. The second kappa shape index (κ2) is 28.8. The van der Waals surface area contributed by atoms with Crippen LogP contribution in [0.15, 0.2) is 208 Å². The molecule has 10 heterocycles. The third kappa shape index (κ3) is 13.3. The number of hydrogen-bond acceptors (Lipinski definition) is 10. The Morgan fingerprint density at radius 2 is 0.743 bits per heavy atom. The first-order chi connectivity index (χ1) is 58.3. The Morgan fingerprint density at radius 3 is 1.25 bits per heavy atom. The fourth-order valence-corrected chi connectivity index (χ4v) is 20.3. The van der Waals surface area contributed by atoms with Crippen molar-refractivity contribution in [3.05, 3.63) is 233 Å². The maximum atomic E-state index is 9.32. The smallest absolute Gasteiger partial charge is 0.227 e. The van der Waals surface area contributed by atoms with Crippen LogP contribution < -0.4 is 24.5 Å². The third-order valence-corrected chi connectivity index (χ3v) is 26.8. The normalized spacial score (nSPS) is 27.1. The molecule has 7 unspecified atom stereocenters. The predicted molar refractivity (Wildman–Crippen MR) is 480 cm³/mol. The van der Waals surface area contributed by atoms with Crippen LogP contribution in [0.5, 0.6) is 0 Å². The zero-order valence-corrected chi connectivity index (χ0v) is 70.8. The molecule has 6 aliphatic rings. The minimum Gasteiger partial charge on any atom is -0.454 e. The minimum absolute atomic E-state index is 0.116. The number of pyridine rings is 2. The van der Waals surface area contributed by atoms with E-state index in [4.69, 9.17) is 27.0 Å². The Labute approximate surface area is 691 Å². The van der Waals surface area contributed by atoms with Crippen LogP contribution in [0.3, 0.4) is 0 Å². The second-order valence-corrected chi connectivity index (χ2v) is 36.3. The van der Waals surface area contributed by atoms with Crippen molar-refractivity contribution in [3.8, 4) is 0 Å². The average molecular weight is 1520 g/mol. The van der Waals surface area contributed by atoms with Crippen LogP contribution in [-0.2, 0) is 10.8 Å². The molecule has 0 N–H and O–H groups in total. The van der Waals surface area contributed by atoms with Crippen molar-refractivity contribution < 1.29 is 29.7 Å². The van der Waals surface area contributed by atoms with Crippen LogP contribution in [0.1, 0.15) is 238 Å². The number of rotatable bonds is 5. The van der Waals surface area contributed by atoms with Gasteiger partial charge in [-0.25, -0.2) is 9.97 Å². The van der Waals surface area contributed by atoms with Crippen molar-refractivity contribution in [2.75, 3.05) is 24.5 Å². The average Bonchev–Trinajstić information content (AvgIpc) is 1.52. The lowest BCUT2D eigenvalue weighted by atomic mass is 9.68. The first kappa shape index (κ1) is 64.8. The van der Waals surface area contributed by atoms with Gasteiger partial charge in [0.1, 0.15) is 17.0 Å². The van der Waals surface area contributed by atoms with Gasteiger partial charge in [0.15, 0.2) is 16.7 Å². The molecule has 0 bridgehead atoms. The first-order valence-electron chi connectivity index (χ1n) is 47.0. The van der Waals surface area contributed by atoms with Gasteiger partial charge >= 0.3 is 0 Å². The van der Waals surface area contributed by atoms with Gasteiger partial charge in [-0.2, -0.15) is 0 Å². The van der Waals surface area contributed by atoms with E-state index in [2.05, 4.69) is 211 Å². The summed E-state index contributed by atoms with van der Waals surface area (Å²) in [5.41, 5.74) is 13.4. The highest BCUT2D eigenvalue weighted by atomic mass is 16.3. The number of furan rings is 3. The molecule has 10 nitrogen and oxygen atoms in total. The van der Waals surface area contributed by atoms with Crippen molar-refractivity contribution in [2.24, 2.45) is 16.2 Å². The number of anilines is 7. The van der Waals surface area contributed by atoms with Crippen LogP contribution >= 0.6 is 0 Å². The van der Waals surface area contributed by atoms with Gasteiger partial charge in [-0.15, -0.1) is 0 Å². The SMILES string of the molecule is Cc1ccccc1N1c2ccccc2C(C)(C)C1C.Cc1ccccc1N1c2ncccc2C(C)(C)C1C.[2H]C([2H])([2H])C1(C)C(C)N(c2c(C)ccc3c2oc2ccccc23)C(C)(C)C1([2H])[2H].[2H]C([2H])([2H])C1(C)C(C)N(c2c(C)ccc3c2oc2ncccc23)C(C)(C)C1([2H])[2H].[2H]C1([2H])C2(CCCCC2)C(C)N(c2c(C)ccc3c2oc2ccccc23)C1(C)C. The molecule has 4 fully saturated rings. The van der Waals surface area contributed by atoms with Gasteiger partial charge in [-0.05, 0) is 241 Å². The van der Waals surface area contributed by atoms with E-state index in [9.17, 15) is 2.74 Å². The molecule has 3 saturated heterocycles. The summed E-state index contributed by atoms with van der Waals surface area (Å²) in [6.07, 6.45) is 3.75. The second-order valence-electron chi connectivity index (χ2n) is 36.3. The number of para-hydroxylation sites is 5. The van der Waals surface area contributed by atoms with Gasteiger partial charge < -0.3 is 37.8 Å². The van der Waals surface area contributed by atoms with Crippen molar-refractivity contribution in [3.63, 3.8) is 0 Å². The van der Waals surface area contributed by atoms with E-state index >= 15 is 0 Å². The summed E-state index contributed by atoms with van der Waals surface area (Å²) in [6, 6.07) is 62.1. The Balaban J connectivity index is 0.000000122. The Bertz CT molecular complexity index is 6000. The van der Waals surface area contributed by atoms with E-state index in [0.717, 1.165) is 114 Å². The highest BCUT2D eigenvalue weighted by Gasteiger charge is 2.56. The molecule has 590 valence electrons.